The van der Waals surface area contributed by atoms with Crippen LogP contribution in [0.15, 0.2) is 0 Å². The van der Waals surface area contributed by atoms with Gasteiger partial charge in [-0.25, -0.2) is 0 Å². The first-order chi connectivity index (χ1) is 5.81. The summed E-state index contributed by atoms with van der Waals surface area (Å²) in [5.74, 6) is 0.911. The second kappa shape index (κ2) is 1.04. The zero-order valence-electron chi connectivity index (χ0n) is 9.08. The van der Waals surface area contributed by atoms with Gasteiger partial charge in [-0.2, -0.15) is 0 Å². The highest BCUT2D eigenvalue weighted by Gasteiger charge is 3.23. The maximum Gasteiger partial charge on any atom is 0.0246 e. The van der Waals surface area contributed by atoms with Crippen molar-refractivity contribution in [1.29, 1.82) is 5.41 Å². The molecule has 4 saturated carbocycles. The van der Waals surface area contributed by atoms with Gasteiger partial charge in [0, 0.05) is 22.0 Å². The Morgan fingerprint density at radius 3 is 1.62 bits per heavy atom. The van der Waals surface area contributed by atoms with Crippen LogP contribution in [0.1, 0.15) is 34.6 Å². The van der Waals surface area contributed by atoms with Crippen LogP contribution in [-0.2, 0) is 0 Å². The summed E-state index contributed by atoms with van der Waals surface area (Å²) in [6.45, 7) is 11.9. The fraction of sp³-hybridized carbons (Fsp3) is 0.917. The van der Waals surface area contributed by atoms with Gasteiger partial charge < -0.3 is 5.41 Å². The van der Waals surface area contributed by atoms with Crippen molar-refractivity contribution in [2.45, 2.75) is 34.6 Å². The molecule has 0 radical (unpaired) electrons. The van der Waals surface area contributed by atoms with E-state index in [1.165, 1.54) is 0 Å². The van der Waals surface area contributed by atoms with Crippen molar-refractivity contribution in [1.82, 2.24) is 0 Å². The molecule has 0 heterocycles. The van der Waals surface area contributed by atoms with E-state index in [1.807, 2.05) is 0 Å². The van der Waals surface area contributed by atoms with Crippen LogP contribution < -0.4 is 0 Å². The third-order valence-corrected chi connectivity index (χ3v) is 7.60. The highest BCUT2D eigenvalue weighted by Crippen LogP contribution is 3.22. The Labute approximate surface area is 79.4 Å². The topological polar surface area (TPSA) is 23.9 Å². The van der Waals surface area contributed by atoms with Gasteiger partial charge in [0.2, 0.25) is 0 Å². The Morgan fingerprint density at radius 1 is 1.00 bits per heavy atom. The van der Waals surface area contributed by atoms with E-state index in [-0.39, 0.29) is 0 Å². The van der Waals surface area contributed by atoms with Gasteiger partial charge in [0.15, 0.2) is 0 Å². The number of fused-ring (bicyclic) bond motifs is 6. The Morgan fingerprint density at radius 2 is 1.38 bits per heavy atom. The van der Waals surface area contributed by atoms with Gasteiger partial charge in [-0.1, -0.05) is 34.6 Å². The van der Waals surface area contributed by atoms with Gasteiger partial charge in [-0.3, -0.25) is 0 Å². The fourth-order valence-corrected chi connectivity index (χ4v) is 6.58. The van der Waals surface area contributed by atoms with E-state index in [0.29, 0.717) is 27.1 Å². The summed E-state index contributed by atoms with van der Waals surface area (Å²) >= 11 is 0. The molecular weight excluding hydrogens is 158 g/mol. The molecule has 1 heteroatoms. The molecule has 1 spiro atoms. The first-order valence-corrected chi connectivity index (χ1v) is 5.40. The first kappa shape index (κ1) is 7.03. The van der Waals surface area contributed by atoms with Crippen molar-refractivity contribution >= 4 is 5.71 Å². The largest absolute Gasteiger partial charge is 0.308 e. The van der Waals surface area contributed by atoms with Crippen LogP contribution in [0.2, 0.25) is 0 Å². The summed E-state index contributed by atoms with van der Waals surface area (Å²) in [6.07, 6.45) is 0. The summed E-state index contributed by atoms with van der Waals surface area (Å²) in [6, 6.07) is 0. The molecule has 0 amide bonds. The molecule has 13 heavy (non-hydrogen) atoms. The second-order valence-corrected chi connectivity index (χ2v) is 6.50. The van der Waals surface area contributed by atoms with E-state index >= 15 is 0 Å². The first-order valence-electron chi connectivity index (χ1n) is 5.40. The number of nitrogens with one attached hydrogen (secondary N) is 1. The lowest BCUT2D eigenvalue weighted by atomic mass is 9.76. The summed E-state index contributed by atoms with van der Waals surface area (Å²) in [5.41, 5.74) is 3.49. The zero-order chi connectivity index (χ0) is 9.65. The summed E-state index contributed by atoms with van der Waals surface area (Å²) < 4.78 is 0. The molecule has 0 aliphatic heterocycles. The molecule has 0 aromatic heterocycles. The minimum absolute atomic E-state index is 0.329. The van der Waals surface area contributed by atoms with Crippen LogP contribution >= 0.6 is 0 Å². The summed E-state index contributed by atoms with van der Waals surface area (Å²) in [7, 11) is 0. The highest BCUT2D eigenvalue weighted by atomic mass is 15.3. The third-order valence-electron chi connectivity index (χ3n) is 7.60. The molecule has 1 nitrogen and oxygen atoms in total. The molecule has 1 N–H and O–H groups in total. The van der Waals surface area contributed by atoms with Gasteiger partial charge in [0.1, 0.15) is 0 Å². The maximum absolute atomic E-state index is 7.91. The normalized spacial score (nSPS) is 86.2. The van der Waals surface area contributed by atoms with Crippen LogP contribution in [0, 0.1) is 38.4 Å². The van der Waals surface area contributed by atoms with Crippen LogP contribution in [-0.4, -0.2) is 5.71 Å². The Balaban J connectivity index is 1.89. The van der Waals surface area contributed by atoms with Crippen LogP contribution in [0.3, 0.4) is 0 Å². The van der Waals surface area contributed by atoms with E-state index in [1.54, 1.807) is 0 Å². The molecule has 4 aliphatic carbocycles. The lowest BCUT2D eigenvalue weighted by molar-refractivity contribution is 0.267. The average molecular weight is 175 g/mol. The minimum atomic E-state index is 0.329. The van der Waals surface area contributed by atoms with Crippen molar-refractivity contribution in [3.63, 3.8) is 0 Å². The van der Waals surface area contributed by atoms with Crippen LogP contribution in [0.5, 0.6) is 0 Å². The van der Waals surface area contributed by atoms with E-state index in [0.717, 1.165) is 11.6 Å². The molecule has 0 aromatic carbocycles. The molecule has 4 rings (SSSR count). The summed E-state index contributed by atoms with van der Waals surface area (Å²) in [5, 5.41) is 7.91. The SMILES string of the molecule is CC1C2(C)C1(C)C21C2(C)C(=N)C21C. The third kappa shape index (κ3) is 0.225. The Hall–Kier alpha value is -0.330. The fourth-order valence-electron chi connectivity index (χ4n) is 6.58. The van der Waals surface area contributed by atoms with E-state index in [4.69, 9.17) is 5.41 Å². The van der Waals surface area contributed by atoms with Crippen LogP contribution in [0.25, 0.3) is 0 Å². The van der Waals surface area contributed by atoms with Crippen molar-refractivity contribution in [3.8, 4) is 0 Å². The molecule has 0 bridgehead atoms. The van der Waals surface area contributed by atoms with Gasteiger partial charge in [-0.05, 0) is 16.7 Å². The predicted molar refractivity (Wildman–Crippen MR) is 51.8 cm³/mol. The Bertz CT molecular complexity index is 375. The van der Waals surface area contributed by atoms with E-state index in [9.17, 15) is 0 Å². The second-order valence-electron chi connectivity index (χ2n) is 6.50. The van der Waals surface area contributed by atoms with Gasteiger partial charge in [0.05, 0.1) is 0 Å². The smallest absolute Gasteiger partial charge is 0.0246 e. The predicted octanol–water partition coefficient (Wildman–Crippen LogP) is 2.71. The molecule has 4 atom stereocenters. The lowest BCUT2D eigenvalue weighted by Gasteiger charge is -2.26. The van der Waals surface area contributed by atoms with Gasteiger partial charge in [0.25, 0.3) is 0 Å². The van der Waals surface area contributed by atoms with E-state index in [2.05, 4.69) is 34.6 Å². The molecule has 70 valence electrons. The lowest BCUT2D eigenvalue weighted by Crippen LogP contribution is -2.27. The number of hydrogen-bond donors (Lipinski definition) is 1. The van der Waals surface area contributed by atoms with Gasteiger partial charge >= 0.3 is 0 Å². The highest BCUT2D eigenvalue weighted by molar-refractivity contribution is 6.23. The van der Waals surface area contributed by atoms with Crippen LogP contribution in [0.4, 0.5) is 0 Å². The Kier molecular flexibility index (Phi) is 0.564. The molecule has 0 saturated heterocycles. The van der Waals surface area contributed by atoms with E-state index < -0.39 is 0 Å². The molecule has 0 aromatic rings. The standard InChI is InChI=1S/C12H17N/c1-6-8(2)9(6,3)12(8)10(4)7(13)11(10,12)5/h6,13H,1-5H3. The zero-order valence-corrected chi connectivity index (χ0v) is 9.08. The molecule has 4 aliphatic rings. The minimum Gasteiger partial charge on any atom is -0.308 e. The van der Waals surface area contributed by atoms with Crippen molar-refractivity contribution in [2.24, 2.45) is 33.0 Å². The molecule has 4 fully saturated rings. The molecule has 4 unspecified atom stereocenters. The van der Waals surface area contributed by atoms with Crippen molar-refractivity contribution in [3.05, 3.63) is 0 Å². The van der Waals surface area contributed by atoms with Crippen molar-refractivity contribution in [2.75, 3.05) is 0 Å². The summed E-state index contributed by atoms with van der Waals surface area (Å²) in [4.78, 5) is 0. The quantitative estimate of drug-likeness (QED) is 0.585. The maximum atomic E-state index is 7.91. The van der Waals surface area contributed by atoms with Gasteiger partial charge in [-0.15, -0.1) is 0 Å². The monoisotopic (exact) mass is 175 g/mol. The average Bonchev–Trinajstić information content (AvgIpc) is 2.95. The molecular formula is C12H17N. The number of hydrogen-bond acceptors (Lipinski definition) is 1. The number of rotatable bonds is 0. The van der Waals surface area contributed by atoms with Crippen molar-refractivity contribution < 1.29 is 0 Å².